The molecule has 150 valence electrons. The lowest BCUT2D eigenvalue weighted by Gasteiger charge is -2.46. The van der Waals surface area contributed by atoms with Crippen molar-refractivity contribution >= 4 is 29.1 Å². The third-order valence-electron chi connectivity index (χ3n) is 6.34. The number of nitrogen functional groups attached to an aromatic ring is 1. The molecule has 0 amide bonds. The Bertz CT molecular complexity index is 1030. The molecule has 1 saturated carbocycles. The summed E-state index contributed by atoms with van der Waals surface area (Å²) < 4.78 is 0. The number of likely N-dealkylation sites (N-methyl/N-ethyl adjacent to an activating group) is 1. The lowest BCUT2D eigenvalue weighted by atomic mass is 9.75. The Morgan fingerprint density at radius 1 is 1.21 bits per heavy atom. The molecule has 2 aliphatic heterocycles. The Labute approximate surface area is 175 Å². The van der Waals surface area contributed by atoms with Gasteiger partial charge < -0.3 is 20.6 Å². The van der Waals surface area contributed by atoms with Crippen LogP contribution < -0.4 is 10.6 Å². The van der Waals surface area contributed by atoms with Gasteiger partial charge in [-0.05, 0) is 50.4 Å². The molecule has 1 saturated heterocycles. The van der Waals surface area contributed by atoms with Crippen LogP contribution >= 0.6 is 11.6 Å². The van der Waals surface area contributed by atoms with Crippen LogP contribution in [0.4, 0.5) is 17.5 Å². The molecule has 2 aromatic rings. The maximum atomic E-state index is 10.6. The van der Waals surface area contributed by atoms with Crippen LogP contribution in [0, 0.1) is 11.8 Å². The van der Waals surface area contributed by atoms with Crippen LogP contribution in [0.1, 0.15) is 36.8 Å². The first kappa shape index (κ1) is 18.7. The number of hydrogen-bond donors (Lipinski definition) is 2. The molecular formula is C22H24ClN5O. The summed E-state index contributed by atoms with van der Waals surface area (Å²) in [6.07, 6.45) is 5.13. The van der Waals surface area contributed by atoms with Crippen molar-refractivity contribution in [1.29, 1.82) is 0 Å². The topological polar surface area (TPSA) is 78.5 Å². The number of halogens is 1. The molecular weight excluding hydrogens is 386 g/mol. The van der Waals surface area contributed by atoms with Crippen LogP contribution in [0.5, 0.6) is 0 Å². The van der Waals surface area contributed by atoms with Gasteiger partial charge in [0.25, 0.3) is 0 Å². The number of likely N-dealkylation sites (tertiary alicyclic amines) is 1. The standard InChI is InChI=1S/C22H24ClN5O/c1-27-12-21(13-27)14-28(19-17(23)11-25-20(24)26-19)18-10-15(4-5-16(18)21)6-9-22(29)7-2-3-8-22/h4-5,10-11,29H,2-3,7-8,12-14H2,1H3,(H2,24,25,26). The number of nitrogens with two attached hydrogens (primary N) is 1. The molecule has 5 rings (SSSR count). The molecule has 1 aromatic carbocycles. The van der Waals surface area contributed by atoms with E-state index in [9.17, 15) is 5.11 Å². The zero-order valence-corrected chi connectivity index (χ0v) is 17.2. The van der Waals surface area contributed by atoms with E-state index in [2.05, 4.69) is 56.9 Å². The largest absolute Gasteiger partial charge is 0.378 e. The van der Waals surface area contributed by atoms with Gasteiger partial charge in [-0.15, -0.1) is 0 Å². The van der Waals surface area contributed by atoms with E-state index in [4.69, 9.17) is 17.3 Å². The second-order valence-corrected chi connectivity index (χ2v) is 9.07. The Balaban J connectivity index is 1.57. The number of anilines is 3. The molecule has 3 N–H and O–H groups in total. The van der Waals surface area contributed by atoms with Crippen molar-refractivity contribution < 1.29 is 5.11 Å². The molecule has 0 atom stereocenters. The van der Waals surface area contributed by atoms with Gasteiger partial charge in [0.1, 0.15) is 10.6 Å². The van der Waals surface area contributed by atoms with Crippen LogP contribution in [0.3, 0.4) is 0 Å². The number of benzene rings is 1. The first-order valence-corrected chi connectivity index (χ1v) is 10.4. The molecule has 1 spiro atoms. The number of aromatic nitrogens is 2. The number of nitrogens with zero attached hydrogens (tertiary/aromatic N) is 4. The fourth-order valence-corrected chi connectivity index (χ4v) is 5.23. The van der Waals surface area contributed by atoms with Crippen molar-refractivity contribution in [3.63, 3.8) is 0 Å². The van der Waals surface area contributed by atoms with E-state index < -0.39 is 5.60 Å². The third kappa shape index (κ3) is 3.14. The van der Waals surface area contributed by atoms with E-state index in [0.717, 1.165) is 56.6 Å². The maximum absolute atomic E-state index is 10.6. The van der Waals surface area contributed by atoms with Gasteiger partial charge in [0.05, 0.1) is 6.20 Å². The highest BCUT2D eigenvalue weighted by Crippen LogP contribution is 2.49. The van der Waals surface area contributed by atoms with Crippen molar-refractivity contribution in [2.24, 2.45) is 0 Å². The first-order valence-electron chi connectivity index (χ1n) is 10.0. The van der Waals surface area contributed by atoms with Gasteiger partial charge in [-0.1, -0.05) is 29.5 Å². The van der Waals surface area contributed by atoms with Gasteiger partial charge in [0, 0.05) is 36.3 Å². The second kappa shape index (κ2) is 6.60. The van der Waals surface area contributed by atoms with Gasteiger partial charge in [-0.2, -0.15) is 4.98 Å². The highest BCUT2D eigenvalue weighted by atomic mass is 35.5. The average molecular weight is 410 g/mol. The fraction of sp³-hybridized carbons (Fsp3) is 0.455. The smallest absolute Gasteiger partial charge is 0.222 e. The van der Waals surface area contributed by atoms with Crippen LogP contribution in [-0.4, -0.2) is 52.3 Å². The predicted octanol–water partition coefficient (Wildman–Crippen LogP) is 2.70. The summed E-state index contributed by atoms with van der Waals surface area (Å²) >= 11 is 6.44. The molecule has 1 aliphatic carbocycles. The summed E-state index contributed by atoms with van der Waals surface area (Å²) in [4.78, 5) is 12.9. The van der Waals surface area contributed by atoms with E-state index >= 15 is 0 Å². The predicted molar refractivity (Wildman–Crippen MR) is 114 cm³/mol. The highest BCUT2D eigenvalue weighted by Gasteiger charge is 2.50. The fourth-order valence-electron chi connectivity index (χ4n) is 5.03. The van der Waals surface area contributed by atoms with Crippen LogP contribution in [-0.2, 0) is 5.41 Å². The van der Waals surface area contributed by atoms with E-state index in [1.165, 1.54) is 5.56 Å². The first-order chi connectivity index (χ1) is 13.9. The van der Waals surface area contributed by atoms with Gasteiger partial charge in [0.15, 0.2) is 5.82 Å². The van der Waals surface area contributed by atoms with Gasteiger partial charge in [-0.3, -0.25) is 0 Å². The van der Waals surface area contributed by atoms with Gasteiger partial charge in [-0.25, -0.2) is 4.98 Å². The molecule has 0 radical (unpaired) electrons. The van der Waals surface area contributed by atoms with Crippen LogP contribution in [0.2, 0.25) is 5.02 Å². The van der Waals surface area contributed by atoms with Crippen molar-refractivity contribution in [3.8, 4) is 11.8 Å². The summed E-state index contributed by atoms with van der Waals surface area (Å²) in [6.45, 7) is 2.77. The number of rotatable bonds is 1. The zero-order valence-electron chi connectivity index (χ0n) is 16.5. The van der Waals surface area contributed by atoms with Gasteiger partial charge in [0.2, 0.25) is 5.95 Å². The summed E-state index contributed by atoms with van der Waals surface area (Å²) in [5.74, 6) is 7.14. The highest BCUT2D eigenvalue weighted by molar-refractivity contribution is 6.33. The lowest BCUT2D eigenvalue weighted by molar-refractivity contribution is 0.107. The van der Waals surface area contributed by atoms with Crippen LogP contribution in [0.15, 0.2) is 24.4 Å². The van der Waals surface area contributed by atoms with Crippen molar-refractivity contribution in [2.75, 3.05) is 37.3 Å². The van der Waals surface area contributed by atoms with Gasteiger partial charge >= 0.3 is 0 Å². The SMILES string of the molecule is CN1CC2(C1)CN(c1nc(N)ncc1Cl)c1cc(C#CC3(O)CCCC3)ccc12. The summed E-state index contributed by atoms with van der Waals surface area (Å²) in [7, 11) is 2.13. The summed E-state index contributed by atoms with van der Waals surface area (Å²) in [6, 6.07) is 6.31. The Morgan fingerprint density at radius 2 is 1.97 bits per heavy atom. The molecule has 0 unspecified atom stereocenters. The van der Waals surface area contributed by atoms with Crippen molar-refractivity contribution in [2.45, 2.75) is 36.7 Å². The summed E-state index contributed by atoms with van der Waals surface area (Å²) in [5.41, 5.74) is 8.29. The van der Waals surface area contributed by atoms with E-state index in [1.54, 1.807) is 6.20 Å². The van der Waals surface area contributed by atoms with E-state index in [0.29, 0.717) is 10.8 Å². The molecule has 6 nitrogen and oxygen atoms in total. The minimum absolute atomic E-state index is 0.0583. The zero-order chi connectivity index (χ0) is 20.2. The number of fused-ring (bicyclic) bond motifs is 2. The molecule has 0 bridgehead atoms. The summed E-state index contributed by atoms with van der Waals surface area (Å²) in [5, 5.41) is 11.0. The quantitative estimate of drug-likeness (QED) is 0.705. The maximum Gasteiger partial charge on any atom is 0.222 e. The molecule has 7 heteroatoms. The Kier molecular flexibility index (Phi) is 4.25. The molecule has 29 heavy (non-hydrogen) atoms. The van der Waals surface area contributed by atoms with Crippen LogP contribution in [0.25, 0.3) is 0 Å². The molecule has 2 fully saturated rings. The van der Waals surface area contributed by atoms with E-state index in [1.807, 2.05) is 0 Å². The number of aliphatic hydroxyl groups is 1. The average Bonchev–Trinajstić information content (AvgIpc) is 3.25. The Morgan fingerprint density at radius 3 is 2.69 bits per heavy atom. The third-order valence-corrected chi connectivity index (χ3v) is 6.60. The molecule has 3 aliphatic rings. The second-order valence-electron chi connectivity index (χ2n) is 8.66. The number of hydrogen-bond acceptors (Lipinski definition) is 6. The minimum atomic E-state index is -0.846. The minimum Gasteiger partial charge on any atom is -0.378 e. The van der Waals surface area contributed by atoms with Crippen molar-refractivity contribution in [3.05, 3.63) is 40.5 Å². The lowest BCUT2D eigenvalue weighted by Crippen LogP contribution is -2.59. The molecule has 3 heterocycles. The normalized spacial score (nSPS) is 21.6. The monoisotopic (exact) mass is 409 g/mol. The van der Waals surface area contributed by atoms with Crippen molar-refractivity contribution in [1.82, 2.24) is 14.9 Å². The van der Waals surface area contributed by atoms with E-state index in [-0.39, 0.29) is 11.4 Å². The molecule has 1 aromatic heterocycles. The Hall–Kier alpha value is -2.33.